The number of nitrogen functional groups attached to an aromatic ring is 1. The Labute approximate surface area is 109 Å². The highest BCUT2D eigenvalue weighted by Crippen LogP contribution is 2.22. The number of hydrogen-bond donors (Lipinski definition) is 1. The smallest absolute Gasteiger partial charge is 0.145 e. The Morgan fingerprint density at radius 1 is 1.29 bits per heavy atom. The third kappa shape index (κ3) is 2.22. The monoisotopic (exact) mass is 297 g/mol. The summed E-state index contributed by atoms with van der Waals surface area (Å²) in [6.07, 6.45) is 0. The van der Waals surface area contributed by atoms with Crippen molar-refractivity contribution in [1.82, 2.24) is 19.6 Å². The number of aromatic nitrogens is 4. The quantitative estimate of drug-likeness (QED) is 0.944. The predicted octanol–water partition coefficient (Wildman–Crippen LogP) is 2.11. The lowest BCUT2D eigenvalue weighted by atomic mass is 10.3. The van der Waals surface area contributed by atoms with Crippen molar-refractivity contribution in [3.63, 3.8) is 0 Å². The summed E-state index contributed by atoms with van der Waals surface area (Å²) in [5.41, 5.74) is 8.85. The summed E-state index contributed by atoms with van der Waals surface area (Å²) in [6.45, 7) is 7.59. The van der Waals surface area contributed by atoms with Gasteiger partial charge in [0.2, 0.25) is 0 Å². The summed E-state index contributed by atoms with van der Waals surface area (Å²) in [4.78, 5) is 0. The molecule has 5 nitrogen and oxygen atoms in total. The summed E-state index contributed by atoms with van der Waals surface area (Å²) >= 11 is 3.57. The van der Waals surface area contributed by atoms with Crippen molar-refractivity contribution >= 4 is 21.7 Å². The molecule has 0 spiro atoms. The Morgan fingerprint density at radius 3 is 2.53 bits per heavy atom. The van der Waals surface area contributed by atoms with Crippen LogP contribution in [0.4, 0.5) is 5.82 Å². The molecule has 2 heterocycles. The van der Waals surface area contributed by atoms with Crippen LogP contribution in [0.25, 0.3) is 0 Å². The standard InChI is InChI=1S/C11H16BrN5/c1-4-16-9(11(12)8(3)14-16)6-17-7(2)5-10(13)15-17/h5H,4,6H2,1-3H3,(H2,13,15). The minimum Gasteiger partial charge on any atom is -0.382 e. The average molecular weight is 298 g/mol. The van der Waals surface area contributed by atoms with Gasteiger partial charge in [0.25, 0.3) is 0 Å². The minimum absolute atomic E-state index is 0.554. The van der Waals surface area contributed by atoms with Crippen LogP contribution in [0.15, 0.2) is 10.5 Å². The zero-order valence-electron chi connectivity index (χ0n) is 10.2. The second-order valence-electron chi connectivity index (χ2n) is 4.03. The summed E-state index contributed by atoms with van der Waals surface area (Å²) in [5, 5.41) is 8.72. The molecule has 0 atom stereocenters. The van der Waals surface area contributed by atoms with E-state index in [4.69, 9.17) is 5.73 Å². The van der Waals surface area contributed by atoms with Gasteiger partial charge in [0, 0.05) is 18.3 Å². The molecule has 0 saturated heterocycles. The van der Waals surface area contributed by atoms with E-state index in [1.165, 1.54) is 0 Å². The third-order valence-corrected chi connectivity index (χ3v) is 3.78. The van der Waals surface area contributed by atoms with Crippen LogP contribution in [0.3, 0.4) is 0 Å². The summed E-state index contributed by atoms with van der Waals surface area (Å²) < 4.78 is 4.92. The molecule has 0 saturated carbocycles. The molecule has 0 radical (unpaired) electrons. The molecule has 0 unspecified atom stereocenters. The SMILES string of the molecule is CCn1nc(C)c(Br)c1Cn1nc(N)cc1C. The first-order valence-corrected chi connectivity index (χ1v) is 6.34. The second-order valence-corrected chi connectivity index (χ2v) is 4.82. The van der Waals surface area contributed by atoms with Crippen molar-refractivity contribution in [2.75, 3.05) is 5.73 Å². The predicted molar refractivity (Wildman–Crippen MR) is 70.8 cm³/mol. The second kappa shape index (κ2) is 4.52. The van der Waals surface area contributed by atoms with Gasteiger partial charge in [0.05, 0.1) is 22.4 Å². The van der Waals surface area contributed by atoms with Crippen molar-refractivity contribution in [1.29, 1.82) is 0 Å². The molecule has 0 aliphatic carbocycles. The van der Waals surface area contributed by atoms with Gasteiger partial charge in [-0.25, -0.2) is 0 Å². The molecule has 2 N–H and O–H groups in total. The lowest BCUT2D eigenvalue weighted by Gasteiger charge is -2.07. The molecular formula is C11H16BrN5. The molecule has 17 heavy (non-hydrogen) atoms. The molecule has 0 amide bonds. The number of aryl methyl sites for hydroxylation is 3. The van der Waals surface area contributed by atoms with E-state index < -0.39 is 0 Å². The van der Waals surface area contributed by atoms with Crippen molar-refractivity contribution in [3.05, 3.63) is 27.6 Å². The molecular weight excluding hydrogens is 282 g/mol. The van der Waals surface area contributed by atoms with Crippen LogP contribution in [0.2, 0.25) is 0 Å². The zero-order chi connectivity index (χ0) is 12.6. The molecule has 2 aromatic heterocycles. The topological polar surface area (TPSA) is 61.7 Å². The van der Waals surface area contributed by atoms with E-state index >= 15 is 0 Å². The molecule has 0 aliphatic heterocycles. The first-order chi connectivity index (χ1) is 8.02. The van der Waals surface area contributed by atoms with Gasteiger partial charge in [-0.3, -0.25) is 9.36 Å². The highest BCUT2D eigenvalue weighted by molar-refractivity contribution is 9.10. The van der Waals surface area contributed by atoms with Crippen LogP contribution in [0, 0.1) is 13.8 Å². The van der Waals surface area contributed by atoms with Crippen LogP contribution in [0.1, 0.15) is 24.0 Å². The van der Waals surface area contributed by atoms with Crippen LogP contribution < -0.4 is 5.73 Å². The maximum atomic E-state index is 5.68. The van der Waals surface area contributed by atoms with Crippen molar-refractivity contribution in [3.8, 4) is 0 Å². The molecule has 6 heteroatoms. The van der Waals surface area contributed by atoms with Crippen LogP contribution in [-0.4, -0.2) is 19.6 Å². The third-order valence-electron chi connectivity index (χ3n) is 2.75. The van der Waals surface area contributed by atoms with Gasteiger partial charge in [-0.15, -0.1) is 0 Å². The van der Waals surface area contributed by atoms with E-state index in [0.717, 1.165) is 28.1 Å². The summed E-state index contributed by atoms with van der Waals surface area (Å²) in [6, 6.07) is 1.87. The fraction of sp³-hybridized carbons (Fsp3) is 0.455. The van der Waals surface area contributed by atoms with Gasteiger partial charge in [-0.1, -0.05) is 0 Å². The van der Waals surface area contributed by atoms with E-state index in [0.29, 0.717) is 12.4 Å². The molecule has 0 bridgehead atoms. The van der Waals surface area contributed by atoms with Crippen molar-refractivity contribution in [2.24, 2.45) is 0 Å². The Kier molecular flexibility index (Phi) is 3.24. The van der Waals surface area contributed by atoms with Gasteiger partial charge < -0.3 is 5.73 Å². The van der Waals surface area contributed by atoms with E-state index in [9.17, 15) is 0 Å². The van der Waals surface area contributed by atoms with Crippen molar-refractivity contribution in [2.45, 2.75) is 33.9 Å². The Hall–Kier alpha value is -1.30. The first-order valence-electron chi connectivity index (χ1n) is 5.54. The molecule has 92 valence electrons. The van der Waals surface area contributed by atoms with Gasteiger partial charge in [-0.05, 0) is 36.7 Å². The first kappa shape index (κ1) is 12.2. The fourth-order valence-electron chi connectivity index (χ4n) is 1.86. The lowest BCUT2D eigenvalue weighted by Crippen LogP contribution is -2.10. The van der Waals surface area contributed by atoms with E-state index in [1.54, 1.807) is 0 Å². The van der Waals surface area contributed by atoms with Gasteiger partial charge in [0.15, 0.2) is 0 Å². The normalized spacial score (nSPS) is 11.1. The maximum Gasteiger partial charge on any atom is 0.145 e. The van der Waals surface area contributed by atoms with Crippen LogP contribution in [-0.2, 0) is 13.1 Å². The fourth-order valence-corrected chi connectivity index (χ4v) is 2.27. The van der Waals surface area contributed by atoms with Crippen molar-refractivity contribution < 1.29 is 0 Å². The lowest BCUT2D eigenvalue weighted by molar-refractivity contribution is 0.568. The van der Waals surface area contributed by atoms with E-state index in [2.05, 4.69) is 33.1 Å². The molecule has 0 fully saturated rings. The Bertz CT molecular complexity index is 540. The number of rotatable bonds is 3. The molecule has 0 aliphatic rings. The van der Waals surface area contributed by atoms with Crippen LogP contribution >= 0.6 is 15.9 Å². The van der Waals surface area contributed by atoms with Crippen LogP contribution in [0.5, 0.6) is 0 Å². The van der Waals surface area contributed by atoms with E-state index in [-0.39, 0.29) is 0 Å². The maximum absolute atomic E-state index is 5.68. The van der Waals surface area contributed by atoms with Gasteiger partial charge >= 0.3 is 0 Å². The minimum atomic E-state index is 0.554. The summed E-state index contributed by atoms with van der Waals surface area (Å²) in [5.74, 6) is 0.554. The number of halogens is 1. The molecule has 0 aromatic carbocycles. The highest BCUT2D eigenvalue weighted by Gasteiger charge is 2.13. The average Bonchev–Trinajstić information content (AvgIpc) is 2.73. The summed E-state index contributed by atoms with van der Waals surface area (Å²) in [7, 11) is 0. The zero-order valence-corrected chi connectivity index (χ0v) is 11.8. The van der Waals surface area contributed by atoms with E-state index in [1.807, 2.05) is 29.3 Å². The largest absolute Gasteiger partial charge is 0.382 e. The molecule has 2 rings (SSSR count). The Morgan fingerprint density at radius 2 is 2.00 bits per heavy atom. The number of hydrogen-bond acceptors (Lipinski definition) is 3. The Balaban J connectivity index is 2.38. The number of nitrogens with two attached hydrogens (primary N) is 1. The number of nitrogens with zero attached hydrogens (tertiary/aromatic N) is 4. The number of anilines is 1. The van der Waals surface area contributed by atoms with Gasteiger partial charge in [0.1, 0.15) is 5.82 Å². The highest BCUT2D eigenvalue weighted by atomic mass is 79.9. The molecule has 2 aromatic rings. The van der Waals surface area contributed by atoms with Gasteiger partial charge in [-0.2, -0.15) is 10.2 Å².